The minimum absolute atomic E-state index is 0.0635. The van der Waals surface area contributed by atoms with E-state index >= 15 is 0 Å². The maximum absolute atomic E-state index is 12.3. The van der Waals surface area contributed by atoms with Crippen molar-refractivity contribution in [3.8, 4) is 0 Å². The highest BCUT2D eigenvalue weighted by molar-refractivity contribution is 5.88. The summed E-state index contributed by atoms with van der Waals surface area (Å²) in [6.45, 7) is 4.92. The molecule has 0 fully saturated rings. The summed E-state index contributed by atoms with van der Waals surface area (Å²) >= 11 is 0. The van der Waals surface area contributed by atoms with E-state index < -0.39 is 12.0 Å². The van der Waals surface area contributed by atoms with Gasteiger partial charge in [0.15, 0.2) is 0 Å². The SMILES string of the molecule is CC(C)[C@@H](N)C(=O)N1CCc2ccc(C(=O)O)cc2C1. The van der Waals surface area contributed by atoms with E-state index in [2.05, 4.69) is 0 Å². The van der Waals surface area contributed by atoms with Crippen LogP contribution in [0.4, 0.5) is 0 Å². The quantitative estimate of drug-likeness (QED) is 0.870. The highest BCUT2D eigenvalue weighted by atomic mass is 16.4. The van der Waals surface area contributed by atoms with Gasteiger partial charge in [-0.15, -0.1) is 0 Å². The monoisotopic (exact) mass is 276 g/mol. The van der Waals surface area contributed by atoms with Crippen LogP contribution in [0.1, 0.15) is 35.3 Å². The number of carbonyl (C=O) groups is 2. The third kappa shape index (κ3) is 2.82. The van der Waals surface area contributed by atoms with E-state index in [1.807, 2.05) is 19.9 Å². The standard InChI is InChI=1S/C15H20N2O3/c1-9(2)13(16)14(18)17-6-5-10-3-4-11(15(19)20)7-12(10)8-17/h3-4,7,9,13H,5-6,8,16H2,1-2H3,(H,19,20)/t13-/m1/s1. The zero-order chi connectivity index (χ0) is 14.9. The van der Waals surface area contributed by atoms with E-state index in [0.717, 1.165) is 17.5 Å². The van der Waals surface area contributed by atoms with Crippen LogP contribution >= 0.6 is 0 Å². The Labute approximate surface area is 118 Å². The van der Waals surface area contributed by atoms with E-state index in [0.29, 0.717) is 13.1 Å². The fourth-order valence-electron chi connectivity index (χ4n) is 2.37. The van der Waals surface area contributed by atoms with Crippen molar-refractivity contribution >= 4 is 11.9 Å². The molecular formula is C15H20N2O3. The summed E-state index contributed by atoms with van der Waals surface area (Å²) in [6, 6.07) is 4.60. The van der Waals surface area contributed by atoms with E-state index in [9.17, 15) is 9.59 Å². The smallest absolute Gasteiger partial charge is 0.335 e. The Balaban J connectivity index is 2.19. The van der Waals surface area contributed by atoms with Gasteiger partial charge in [-0.25, -0.2) is 4.79 Å². The summed E-state index contributed by atoms with van der Waals surface area (Å²) in [5, 5.41) is 9.02. The maximum Gasteiger partial charge on any atom is 0.335 e. The van der Waals surface area contributed by atoms with Crippen molar-refractivity contribution < 1.29 is 14.7 Å². The molecule has 20 heavy (non-hydrogen) atoms. The summed E-state index contributed by atoms with van der Waals surface area (Å²) in [5.41, 5.74) is 8.17. The first kappa shape index (κ1) is 14.5. The van der Waals surface area contributed by atoms with Crippen LogP contribution < -0.4 is 5.73 Å². The number of nitrogens with two attached hydrogens (primary N) is 1. The summed E-state index contributed by atoms with van der Waals surface area (Å²) < 4.78 is 0. The predicted molar refractivity (Wildman–Crippen MR) is 75.3 cm³/mol. The van der Waals surface area contributed by atoms with Gasteiger partial charge in [0.05, 0.1) is 11.6 Å². The lowest BCUT2D eigenvalue weighted by Crippen LogP contribution is -2.48. The van der Waals surface area contributed by atoms with Crippen molar-refractivity contribution in [1.82, 2.24) is 4.90 Å². The minimum Gasteiger partial charge on any atom is -0.478 e. The van der Waals surface area contributed by atoms with Crippen LogP contribution in [0.3, 0.4) is 0 Å². The maximum atomic E-state index is 12.3. The average molecular weight is 276 g/mol. The molecule has 1 aromatic rings. The van der Waals surface area contributed by atoms with Crippen molar-refractivity contribution in [2.75, 3.05) is 6.54 Å². The molecule has 1 aliphatic rings. The molecule has 1 atom stereocenters. The van der Waals surface area contributed by atoms with Gasteiger partial charge < -0.3 is 15.7 Å². The number of aromatic carboxylic acids is 1. The van der Waals surface area contributed by atoms with Crippen molar-refractivity contribution in [3.63, 3.8) is 0 Å². The van der Waals surface area contributed by atoms with Crippen molar-refractivity contribution in [3.05, 3.63) is 34.9 Å². The van der Waals surface area contributed by atoms with Crippen LogP contribution in [0.2, 0.25) is 0 Å². The number of fused-ring (bicyclic) bond motifs is 1. The first-order chi connectivity index (χ1) is 9.40. The molecule has 0 unspecified atom stereocenters. The molecule has 2 rings (SSSR count). The van der Waals surface area contributed by atoms with Gasteiger partial charge in [-0.05, 0) is 35.6 Å². The molecule has 0 bridgehead atoms. The molecule has 1 aliphatic heterocycles. The third-order valence-corrected chi connectivity index (χ3v) is 3.78. The topological polar surface area (TPSA) is 83.6 Å². The van der Waals surface area contributed by atoms with Crippen LogP contribution in [0.5, 0.6) is 0 Å². The Hall–Kier alpha value is -1.88. The first-order valence-corrected chi connectivity index (χ1v) is 6.79. The molecule has 1 amide bonds. The van der Waals surface area contributed by atoms with Gasteiger partial charge in [-0.2, -0.15) is 0 Å². The lowest BCUT2D eigenvalue weighted by atomic mass is 9.96. The number of rotatable bonds is 3. The van der Waals surface area contributed by atoms with Crippen LogP contribution in [0.25, 0.3) is 0 Å². The van der Waals surface area contributed by atoms with Crippen LogP contribution in [0, 0.1) is 5.92 Å². The second-order valence-electron chi connectivity index (χ2n) is 5.57. The molecule has 1 heterocycles. The van der Waals surface area contributed by atoms with Gasteiger partial charge >= 0.3 is 5.97 Å². The lowest BCUT2D eigenvalue weighted by Gasteiger charge is -2.32. The Kier molecular flexibility index (Phi) is 4.09. The number of hydrogen-bond donors (Lipinski definition) is 2. The number of benzene rings is 1. The summed E-state index contributed by atoms with van der Waals surface area (Å²) in [4.78, 5) is 25.0. The fraction of sp³-hybridized carbons (Fsp3) is 0.467. The Bertz CT molecular complexity index is 540. The molecule has 108 valence electrons. The van der Waals surface area contributed by atoms with Crippen LogP contribution in [-0.4, -0.2) is 34.5 Å². The number of carbonyl (C=O) groups excluding carboxylic acids is 1. The zero-order valence-corrected chi connectivity index (χ0v) is 11.8. The van der Waals surface area contributed by atoms with E-state index in [1.54, 1.807) is 17.0 Å². The summed E-state index contributed by atoms with van der Waals surface area (Å²) in [6.07, 6.45) is 0.742. The Morgan fingerprint density at radius 2 is 2.00 bits per heavy atom. The van der Waals surface area contributed by atoms with E-state index in [-0.39, 0.29) is 17.4 Å². The summed E-state index contributed by atoms with van der Waals surface area (Å²) in [5.74, 6) is -0.921. The van der Waals surface area contributed by atoms with Crippen LogP contribution in [0.15, 0.2) is 18.2 Å². The number of carboxylic acid groups (broad SMARTS) is 1. The molecule has 5 nitrogen and oxygen atoms in total. The second kappa shape index (κ2) is 5.63. The summed E-state index contributed by atoms with van der Waals surface area (Å²) in [7, 11) is 0. The van der Waals surface area contributed by atoms with Crippen molar-refractivity contribution in [1.29, 1.82) is 0 Å². The molecule has 0 saturated carbocycles. The normalized spacial score (nSPS) is 15.9. The van der Waals surface area contributed by atoms with Gasteiger partial charge in [-0.3, -0.25) is 4.79 Å². The zero-order valence-electron chi connectivity index (χ0n) is 11.8. The molecule has 5 heteroatoms. The van der Waals surface area contributed by atoms with Crippen LogP contribution in [-0.2, 0) is 17.8 Å². The molecule has 0 spiro atoms. The lowest BCUT2D eigenvalue weighted by molar-refractivity contribution is -0.134. The molecule has 0 aromatic heterocycles. The average Bonchev–Trinajstić information content (AvgIpc) is 2.44. The predicted octanol–water partition coefficient (Wildman–Crippen LogP) is 1.25. The third-order valence-electron chi connectivity index (χ3n) is 3.78. The largest absolute Gasteiger partial charge is 0.478 e. The number of nitrogens with zero attached hydrogens (tertiary/aromatic N) is 1. The Morgan fingerprint density at radius 1 is 1.30 bits per heavy atom. The van der Waals surface area contributed by atoms with E-state index in [1.165, 1.54) is 0 Å². The molecule has 0 aliphatic carbocycles. The van der Waals surface area contributed by atoms with Crippen molar-refractivity contribution in [2.24, 2.45) is 11.7 Å². The molecule has 0 saturated heterocycles. The van der Waals surface area contributed by atoms with Gasteiger partial charge in [0.25, 0.3) is 0 Å². The number of carboxylic acids is 1. The fourth-order valence-corrected chi connectivity index (χ4v) is 2.37. The van der Waals surface area contributed by atoms with Gasteiger partial charge in [0.1, 0.15) is 0 Å². The molecule has 0 radical (unpaired) electrons. The van der Waals surface area contributed by atoms with Gasteiger partial charge in [0.2, 0.25) is 5.91 Å². The molecule has 3 N–H and O–H groups in total. The van der Waals surface area contributed by atoms with E-state index in [4.69, 9.17) is 10.8 Å². The minimum atomic E-state index is -0.949. The number of amides is 1. The van der Waals surface area contributed by atoms with Gasteiger partial charge in [-0.1, -0.05) is 19.9 Å². The highest BCUT2D eigenvalue weighted by Gasteiger charge is 2.27. The Morgan fingerprint density at radius 3 is 2.60 bits per heavy atom. The number of hydrogen-bond acceptors (Lipinski definition) is 3. The van der Waals surface area contributed by atoms with Gasteiger partial charge in [0, 0.05) is 13.1 Å². The second-order valence-corrected chi connectivity index (χ2v) is 5.57. The molecule has 1 aromatic carbocycles. The first-order valence-electron chi connectivity index (χ1n) is 6.79. The molecular weight excluding hydrogens is 256 g/mol. The van der Waals surface area contributed by atoms with Crippen molar-refractivity contribution in [2.45, 2.75) is 32.9 Å². The highest BCUT2D eigenvalue weighted by Crippen LogP contribution is 2.21.